The third kappa shape index (κ3) is 5.64. The average Bonchev–Trinajstić information content (AvgIpc) is 3.72. The molecular weight excluding hydrogens is 496 g/mol. The van der Waals surface area contributed by atoms with Crippen molar-refractivity contribution in [3.05, 3.63) is 64.7 Å². The lowest BCUT2D eigenvalue weighted by Gasteiger charge is -2.22. The molecule has 0 amide bonds. The number of phenols is 1. The summed E-state index contributed by atoms with van der Waals surface area (Å²) in [4.78, 5) is 36.7. The maximum absolute atomic E-state index is 15.1. The number of ketones is 1. The average molecular weight is 526 g/mol. The molecule has 0 saturated heterocycles. The number of nitrogens with zero attached hydrogens (tertiary/aromatic N) is 3. The fraction of sp³-hybridized carbons (Fsp3) is 0.393. The predicted octanol–water partition coefficient (Wildman–Crippen LogP) is 5.26. The molecule has 200 valence electrons. The molecule has 2 heterocycles. The molecule has 8 nitrogen and oxygen atoms in total. The highest BCUT2D eigenvalue weighted by Crippen LogP contribution is 2.48. The van der Waals surface area contributed by atoms with Gasteiger partial charge in [-0.1, -0.05) is 19.1 Å². The number of pyridine rings is 1. The van der Waals surface area contributed by atoms with Gasteiger partial charge < -0.3 is 14.9 Å². The number of benzene rings is 1. The summed E-state index contributed by atoms with van der Waals surface area (Å²) in [7, 11) is 0. The van der Waals surface area contributed by atoms with Crippen LogP contribution in [0.2, 0.25) is 0 Å². The maximum atomic E-state index is 15.1. The Morgan fingerprint density at radius 3 is 2.55 bits per heavy atom. The van der Waals surface area contributed by atoms with Crippen molar-refractivity contribution in [3.63, 3.8) is 0 Å². The fourth-order valence-corrected chi connectivity index (χ4v) is 4.70. The highest BCUT2D eigenvalue weighted by Gasteiger charge is 2.40. The van der Waals surface area contributed by atoms with E-state index in [9.17, 15) is 24.2 Å². The summed E-state index contributed by atoms with van der Waals surface area (Å²) in [6.07, 6.45) is 3.90. The van der Waals surface area contributed by atoms with Crippen LogP contribution in [-0.4, -0.2) is 43.5 Å². The van der Waals surface area contributed by atoms with Crippen LogP contribution in [0.5, 0.6) is 11.6 Å². The van der Waals surface area contributed by atoms with Crippen LogP contribution in [0.3, 0.4) is 0 Å². The number of aromatic hydroxyl groups is 1. The van der Waals surface area contributed by atoms with Crippen molar-refractivity contribution < 1.29 is 33.3 Å². The van der Waals surface area contributed by atoms with Crippen LogP contribution >= 0.6 is 0 Å². The van der Waals surface area contributed by atoms with Gasteiger partial charge in [-0.25, -0.2) is 18.7 Å². The number of ether oxygens (including phenoxy) is 1. The highest BCUT2D eigenvalue weighted by molar-refractivity contribution is 5.94. The summed E-state index contributed by atoms with van der Waals surface area (Å²) in [6, 6.07) is 4.46. The first-order valence-corrected chi connectivity index (χ1v) is 12.5. The lowest BCUT2D eigenvalue weighted by molar-refractivity contribution is -0.142. The van der Waals surface area contributed by atoms with E-state index in [2.05, 4.69) is 15.0 Å². The Labute approximate surface area is 218 Å². The number of halogens is 2. The number of aliphatic carboxylic acids is 1. The molecule has 38 heavy (non-hydrogen) atoms. The van der Waals surface area contributed by atoms with E-state index in [0.717, 1.165) is 19.0 Å². The molecule has 2 N–H and O–H groups in total. The van der Waals surface area contributed by atoms with Gasteiger partial charge in [0.05, 0.1) is 36.3 Å². The van der Waals surface area contributed by atoms with Crippen LogP contribution in [0.1, 0.15) is 66.3 Å². The van der Waals surface area contributed by atoms with E-state index in [-0.39, 0.29) is 58.5 Å². The molecule has 0 spiro atoms. The summed E-state index contributed by atoms with van der Waals surface area (Å²) in [5.41, 5.74) is 1.21. The number of carbonyl (C=O) groups excluding carboxylic acids is 1. The van der Waals surface area contributed by atoms with Gasteiger partial charge in [0, 0.05) is 24.0 Å². The van der Waals surface area contributed by atoms with E-state index < -0.39 is 35.2 Å². The molecule has 1 aliphatic carbocycles. The van der Waals surface area contributed by atoms with Crippen molar-refractivity contribution in [1.29, 1.82) is 0 Å². The Bertz CT molecular complexity index is 1380. The Balaban J connectivity index is 1.49. The monoisotopic (exact) mass is 525 g/mol. The maximum Gasteiger partial charge on any atom is 0.306 e. The number of carbonyl (C=O) groups is 2. The molecule has 0 radical (unpaired) electrons. The van der Waals surface area contributed by atoms with Gasteiger partial charge in [0.1, 0.15) is 5.69 Å². The largest absolute Gasteiger partial charge is 0.505 e. The van der Waals surface area contributed by atoms with Crippen LogP contribution in [0.4, 0.5) is 8.78 Å². The van der Waals surface area contributed by atoms with Crippen molar-refractivity contribution >= 4 is 11.8 Å². The minimum Gasteiger partial charge on any atom is -0.505 e. The standard InChI is InChI=1S/C28H29F2N3O5/c1-4-38-23-11-19(20(29)12-31-23)26-15(3)33-21(13-32-26)22(34)10-8-17-7-9-18(25(30)27(17)35)24(16-5-6-16)14(2)28(36)37/h7,9,11-14,16,24,35H,4-6,8,10H2,1-3H3,(H,36,37). The van der Waals surface area contributed by atoms with Gasteiger partial charge >= 0.3 is 5.97 Å². The zero-order chi connectivity index (χ0) is 27.6. The van der Waals surface area contributed by atoms with Crippen LogP contribution in [0, 0.1) is 30.4 Å². The minimum atomic E-state index is -1.01. The van der Waals surface area contributed by atoms with Gasteiger partial charge in [-0.15, -0.1) is 0 Å². The van der Waals surface area contributed by atoms with E-state index in [1.165, 1.54) is 24.4 Å². The van der Waals surface area contributed by atoms with Crippen LogP contribution in [-0.2, 0) is 11.2 Å². The van der Waals surface area contributed by atoms with E-state index >= 15 is 4.39 Å². The number of hydrogen-bond donors (Lipinski definition) is 2. The molecule has 1 aromatic carbocycles. The normalized spacial score (nSPS) is 14.7. The number of rotatable bonds is 11. The number of Topliss-reactive ketones (excluding diaryl/α,β-unsaturated/α-hetero) is 1. The number of carboxylic acids is 1. The van der Waals surface area contributed by atoms with Crippen LogP contribution in [0.25, 0.3) is 11.3 Å². The SMILES string of the molecule is CCOc1cc(-c2ncc(C(=O)CCc3ccc(C(C4CC4)C(C)C(=O)O)c(F)c3O)nc2C)c(F)cn1. The summed E-state index contributed by atoms with van der Waals surface area (Å²) < 4.78 is 34.9. The molecule has 2 aromatic heterocycles. The molecule has 3 aromatic rings. The van der Waals surface area contributed by atoms with Crippen molar-refractivity contribution in [1.82, 2.24) is 15.0 Å². The first kappa shape index (κ1) is 27.1. The summed E-state index contributed by atoms with van der Waals surface area (Å²) in [6.45, 7) is 5.29. The highest BCUT2D eigenvalue weighted by atomic mass is 19.1. The molecular formula is C28H29F2N3O5. The quantitative estimate of drug-likeness (QED) is 0.325. The van der Waals surface area contributed by atoms with Crippen molar-refractivity contribution in [2.75, 3.05) is 6.61 Å². The molecule has 2 atom stereocenters. The number of aryl methyl sites for hydroxylation is 2. The molecule has 0 bridgehead atoms. The van der Waals surface area contributed by atoms with Gasteiger partial charge in [-0.3, -0.25) is 14.6 Å². The second-order valence-corrected chi connectivity index (χ2v) is 9.51. The topological polar surface area (TPSA) is 122 Å². The minimum absolute atomic E-state index is 0.0453. The number of phenolic OH excluding ortho intramolecular Hbond substituents is 1. The van der Waals surface area contributed by atoms with E-state index in [0.29, 0.717) is 12.3 Å². The zero-order valence-electron chi connectivity index (χ0n) is 21.4. The second kappa shape index (κ2) is 11.2. The molecule has 0 aliphatic heterocycles. The van der Waals surface area contributed by atoms with Gasteiger partial charge in [-0.2, -0.15) is 0 Å². The molecule has 2 unspecified atom stereocenters. The molecule has 10 heteroatoms. The van der Waals surface area contributed by atoms with Crippen LogP contribution < -0.4 is 4.74 Å². The second-order valence-electron chi connectivity index (χ2n) is 9.51. The van der Waals surface area contributed by atoms with E-state index in [1.54, 1.807) is 20.8 Å². The van der Waals surface area contributed by atoms with Crippen molar-refractivity contribution in [2.45, 2.75) is 52.4 Å². The molecule has 1 saturated carbocycles. The van der Waals surface area contributed by atoms with Gasteiger partial charge in [-0.05, 0) is 50.2 Å². The summed E-state index contributed by atoms with van der Waals surface area (Å²) in [5.74, 6) is -4.42. The van der Waals surface area contributed by atoms with Gasteiger partial charge in [0.2, 0.25) is 5.88 Å². The predicted molar refractivity (Wildman–Crippen MR) is 134 cm³/mol. The first-order valence-electron chi connectivity index (χ1n) is 12.5. The number of hydrogen-bond acceptors (Lipinski definition) is 7. The number of aromatic nitrogens is 3. The Hall–Kier alpha value is -3.95. The lowest BCUT2D eigenvalue weighted by atomic mass is 9.82. The number of carboxylic acid groups (broad SMARTS) is 1. The Morgan fingerprint density at radius 1 is 1.18 bits per heavy atom. The first-order chi connectivity index (χ1) is 18.1. The third-order valence-electron chi connectivity index (χ3n) is 6.88. The molecule has 4 rings (SSSR count). The summed E-state index contributed by atoms with van der Waals surface area (Å²) in [5, 5.41) is 20.0. The third-order valence-corrected chi connectivity index (χ3v) is 6.88. The van der Waals surface area contributed by atoms with E-state index in [4.69, 9.17) is 4.74 Å². The summed E-state index contributed by atoms with van der Waals surface area (Å²) >= 11 is 0. The smallest absolute Gasteiger partial charge is 0.306 e. The molecule has 1 aliphatic rings. The fourth-order valence-electron chi connectivity index (χ4n) is 4.70. The van der Waals surface area contributed by atoms with Gasteiger partial charge in [0.25, 0.3) is 0 Å². The van der Waals surface area contributed by atoms with E-state index in [1.807, 2.05) is 0 Å². The van der Waals surface area contributed by atoms with Crippen LogP contribution in [0.15, 0.2) is 30.6 Å². The van der Waals surface area contributed by atoms with Crippen molar-refractivity contribution in [2.24, 2.45) is 11.8 Å². The van der Waals surface area contributed by atoms with Gasteiger partial charge in [0.15, 0.2) is 23.2 Å². The molecule has 1 fully saturated rings. The zero-order valence-corrected chi connectivity index (χ0v) is 21.4. The van der Waals surface area contributed by atoms with Crippen molar-refractivity contribution in [3.8, 4) is 22.9 Å². The lowest BCUT2D eigenvalue weighted by Crippen LogP contribution is -2.21. The Morgan fingerprint density at radius 2 is 1.92 bits per heavy atom. The Kier molecular flexibility index (Phi) is 7.99.